The summed E-state index contributed by atoms with van der Waals surface area (Å²) in [5.74, 6) is 1.42. The van der Waals surface area contributed by atoms with Crippen LogP contribution < -0.4 is 9.47 Å². The summed E-state index contributed by atoms with van der Waals surface area (Å²) in [5, 5.41) is 0. The molecule has 18 heteroatoms. The molecule has 3 rings (SSSR count). The molecule has 0 amide bonds. The summed E-state index contributed by atoms with van der Waals surface area (Å²) in [6.07, 6.45) is 0. The van der Waals surface area contributed by atoms with Crippen LogP contribution >= 0.6 is 0 Å². The maximum absolute atomic E-state index is 6.41. The molecule has 0 aromatic heterocycles. The van der Waals surface area contributed by atoms with Crippen molar-refractivity contribution in [2.24, 2.45) is 0 Å². The highest BCUT2D eigenvalue weighted by molar-refractivity contribution is 5.53. The van der Waals surface area contributed by atoms with Crippen molar-refractivity contribution in [3.8, 4) is 11.5 Å². The smallest absolute Gasteiger partial charge is 0.165 e. The van der Waals surface area contributed by atoms with Crippen LogP contribution in [0.15, 0.2) is 60.7 Å². The molecule has 0 aliphatic heterocycles. The first-order valence-electron chi connectivity index (χ1n) is 31.2. The molecule has 18 nitrogen and oxygen atoms in total. The second kappa shape index (κ2) is 46.7. The quantitative estimate of drug-likeness (QED) is 0.0490. The van der Waals surface area contributed by atoms with Crippen molar-refractivity contribution >= 4 is 0 Å². The summed E-state index contributed by atoms with van der Waals surface area (Å²) in [6, 6.07) is 21.5. The number of hydrogen-bond donors (Lipinski definition) is 0. The first-order chi connectivity index (χ1) is 41.4. The minimum Gasteiger partial charge on any atom is -0.487 e. The van der Waals surface area contributed by atoms with Gasteiger partial charge < -0.3 is 85.3 Å². The average Bonchev–Trinajstić information content (AvgIpc) is 1.33. The van der Waals surface area contributed by atoms with Gasteiger partial charge in [0.1, 0.15) is 13.2 Å². The highest BCUT2D eigenvalue weighted by Crippen LogP contribution is 2.42. The van der Waals surface area contributed by atoms with Gasteiger partial charge in [-0.3, -0.25) is 0 Å². The Labute approximate surface area is 518 Å². The van der Waals surface area contributed by atoms with Crippen molar-refractivity contribution in [1.82, 2.24) is 0 Å². The fraction of sp³-hybridized carbons (Fsp3) is 0.735. The van der Waals surface area contributed by atoms with E-state index >= 15 is 0 Å². The molecule has 0 spiro atoms. The van der Waals surface area contributed by atoms with E-state index in [0.717, 1.165) is 22.4 Å². The fourth-order valence-electron chi connectivity index (χ4n) is 7.92. The Bertz CT molecular complexity index is 2060. The zero-order valence-corrected chi connectivity index (χ0v) is 55.2. The van der Waals surface area contributed by atoms with Crippen LogP contribution in [0.1, 0.15) is 116 Å². The average molecular weight is 1220 g/mol. The van der Waals surface area contributed by atoms with Gasteiger partial charge in [0.05, 0.1) is 211 Å². The molecule has 0 radical (unpaired) electrons. The molecule has 3 aromatic carbocycles. The molecule has 86 heavy (non-hydrogen) atoms. The van der Waals surface area contributed by atoms with Gasteiger partial charge in [-0.2, -0.15) is 0 Å². The van der Waals surface area contributed by atoms with E-state index in [4.69, 9.17) is 85.3 Å². The Hall–Kier alpha value is -3.38. The molecule has 0 aliphatic carbocycles. The van der Waals surface area contributed by atoms with Gasteiger partial charge in [-0.25, -0.2) is 0 Å². The molecular weight excluding hydrogens is 1100 g/mol. The minimum absolute atomic E-state index is 0.0907. The molecule has 0 bridgehead atoms. The number of rotatable bonds is 54. The van der Waals surface area contributed by atoms with Crippen molar-refractivity contribution in [2.45, 2.75) is 118 Å². The molecule has 0 atom stereocenters. The molecule has 0 N–H and O–H groups in total. The lowest BCUT2D eigenvalue weighted by atomic mass is 9.80. The summed E-state index contributed by atoms with van der Waals surface area (Å²) in [5.41, 5.74) is 7.23. The Balaban J connectivity index is 1.08. The normalized spacial score (nSPS) is 12.4. The third-order valence-corrected chi connectivity index (χ3v) is 13.1. The van der Waals surface area contributed by atoms with E-state index in [1.807, 2.05) is 0 Å². The monoisotopic (exact) mass is 1220 g/mol. The van der Waals surface area contributed by atoms with E-state index in [1.165, 1.54) is 16.7 Å². The van der Waals surface area contributed by atoms with Gasteiger partial charge in [0, 0.05) is 5.56 Å². The van der Waals surface area contributed by atoms with Gasteiger partial charge in [0.2, 0.25) is 0 Å². The number of hydrogen-bond acceptors (Lipinski definition) is 18. The Morgan fingerprint density at radius 3 is 0.674 bits per heavy atom. The van der Waals surface area contributed by atoms with Crippen molar-refractivity contribution in [2.75, 3.05) is 211 Å². The molecule has 494 valence electrons. The molecule has 0 fully saturated rings. The van der Waals surface area contributed by atoms with Gasteiger partial charge in [0.25, 0.3) is 0 Å². The predicted octanol–water partition coefficient (Wildman–Crippen LogP) is 10.3. The first-order valence-corrected chi connectivity index (χ1v) is 31.2. The van der Waals surface area contributed by atoms with Crippen LogP contribution in [0.2, 0.25) is 0 Å². The molecule has 3 aromatic rings. The van der Waals surface area contributed by atoms with Crippen LogP contribution in [-0.4, -0.2) is 211 Å². The standard InChI is InChI=1S/C68H114O18/c1-65(2,3)59-17-13-57(14-18-59)55-83-47-45-79-39-37-75-31-29-71-23-21-69-25-27-73-33-35-77-41-43-81-49-51-85-63-54-61(67(7,8)9)53-62(68(10,11)12)64(63)86-52-50-82-44-42-78-36-34-74-28-26-70-22-24-72-30-32-76-38-40-80-46-48-84-56-58-15-19-60(20-16-58)66(4,5)6/h13-20,53-54H,21-52,55-56H2,1-12H3. The summed E-state index contributed by atoms with van der Waals surface area (Å²) in [4.78, 5) is 0. The largest absolute Gasteiger partial charge is 0.487 e. The van der Waals surface area contributed by atoms with E-state index in [1.54, 1.807) is 0 Å². The lowest BCUT2D eigenvalue weighted by Crippen LogP contribution is -2.20. The van der Waals surface area contributed by atoms with E-state index in [2.05, 4.69) is 144 Å². The van der Waals surface area contributed by atoms with Crippen LogP contribution in [0.25, 0.3) is 0 Å². The maximum atomic E-state index is 6.41. The molecule has 0 saturated heterocycles. The predicted molar refractivity (Wildman–Crippen MR) is 336 cm³/mol. The summed E-state index contributed by atoms with van der Waals surface area (Å²) in [7, 11) is 0. The Kier molecular flexibility index (Phi) is 41.7. The number of benzene rings is 3. The highest BCUT2D eigenvalue weighted by Gasteiger charge is 2.27. The third kappa shape index (κ3) is 38.9. The van der Waals surface area contributed by atoms with E-state index in [9.17, 15) is 0 Å². The third-order valence-electron chi connectivity index (χ3n) is 13.1. The van der Waals surface area contributed by atoms with Crippen LogP contribution in [0.5, 0.6) is 11.5 Å². The van der Waals surface area contributed by atoms with Gasteiger partial charge >= 0.3 is 0 Å². The number of ether oxygens (including phenoxy) is 18. The molecule has 0 heterocycles. The Morgan fingerprint density at radius 1 is 0.221 bits per heavy atom. The molecule has 0 saturated carbocycles. The van der Waals surface area contributed by atoms with Gasteiger partial charge in [-0.1, -0.05) is 138 Å². The summed E-state index contributed by atoms with van der Waals surface area (Å²) >= 11 is 0. The lowest BCUT2D eigenvalue weighted by molar-refractivity contribution is -0.0242. The second-order valence-electron chi connectivity index (χ2n) is 24.6. The van der Waals surface area contributed by atoms with Crippen molar-refractivity contribution in [3.63, 3.8) is 0 Å². The van der Waals surface area contributed by atoms with Crippen LogP contribution in [0, 0.1) is 0 Å². The maximum Gasteiger partial charge on any atom is 0.165 e. The van der Waals surface area contributed by atoms with Crippen LogP contribution in [0.3, 0.4) is 0 Å². The molecule has 0 aliphatic rings. The minimum atomic E-state index is -0.191. The van der Waals surface area contributed by atoms with Crippen LogP contribution in [-0.2, 0) is 111 Å². The van der Waals surface area contributed by atoms with Crippen LogP contribution in [0.4, 0.5) is 0 Å². The van der Waals surface area contributed by atoms with Crippen molar-refractivity contribution in [1.29, 1.82) is 0 Å². The van der Waals surface area contributed by atoms with Gasteiger partial charge in [-0.05, 0) is 55.5 Å². The summed E-state index contributed by atoms with van der Waals surface area (Å²) in [6.45, 7) is 42.9. The first kappa shape index (κ1) is 76.9. The topological polar surface area (TPSA) is 166 Å². The Morgan fingerprint density at radius 2 is 0.442 bits per heavy atom. The van der Waals surface area contributed by atoms with Crippen molar-refractivity contribution < 1.29 is 85.3 Å². The highest BCUT2D eigenvalue weighted by atomic mass is 16.6. The van der Waals surface area contributed by atoms with Gasteiger partial charge in [0.15, 0.2) is 11.5 Å². The summed E-state index contributed by atoms with van der Waals surface area (Å²) < 4.78 is 103. The van der Waals surface area contributed by atoms with E-state index < -0.39 is 0 Å². The van der Waals surface area contributed by atoms with E-state index in [-0.39, 0.29) is 21.7 Å². The zero-order valence-electron chi connectivity index (χ0n) is 55.2. The lowest BCUT2D eigenvalue weighted by Gasteiger charge is -2.29. The zero-order chi connectivity index (χ0) is 62.5. The van der Waals surface area contributed by atoms with Gasteiger partial charge in [-0.15, -0.1) is 0 Å². The fourth-order valence-corrected chi connectivity index (χ4v) is 7.92. The molecule has 0 unspecified atom stereocenters. The van der Waals surface area contributed by atoms with Crippen molar-refractivity contribution in [3.05, 3.63) is 94.0 Å². The second-order valence-corrected chi connectivity index (χ2v) is 24.6. The van der Waals surface area contributed by atoms with E-state index in [0.29, 0.717) is 230 Å². The molecular formula is C68H114O18. The SMILES string of the molecule is CC(C)(C)c1ccc(COCCOCCOCCOCCOCCOCCOCCOCCOc2cc(C(C)(C)C)cc(C(C)(C)C)c2OCCOCCOCCOCCOCCOCCOCCOCCOCc2ccc(C(C)(C)C)cc2)cc1.